The number of aryl methyl sites for hydroxylation is 2. The third-order valence-electron chi connectivity index (χ3n) is 4.08. The van der Waals surface area contributed by atoms with Gasteiger partial charge in [-0.05, 0) is 32.4 Å². The van der Waals surface area contributed by atoms with Gasteiger partial charge >= 0.3 is 11.9 Å². The Labute approximate surface area is 171 Å². The average molecular weight is 415 g/mol. The molecule has 8 nitrogen and oxygen atoms in total. The van der Waals surface area contributed by atoms with Crippen molar-refractivity contribution in [3.05, 3.63) is 47.0 Å². The quantitative estimate of drug-likeness (QED) is 0.457. The lowest BCUT2D eigenvalue weighted by Crippen LogP contribution is -2.11. The maximum atomic E-state index is 12.1. The van der Waals surface area contributed by atoms with E-state index in [1.807, 2.05) is 31.2 Å². The van der Waals surface area contributed by atoms with Crippen LogP contribution in [0.4, 0.5) is 5.82 Å². The van der Waals surface area contributed by atoms with E-state index in [4.69, 9.17) is 19.6 Å². The maximum Gasteiger partial charge on any atom is 0.342 e. The zero-order valence-electron chi connectivity index (χ0n) is 16.4. The first-order valence-corrected chi connectivity index (χ1v) is 9.96. The van der Waals surface area contributed by atoms with Gasteiger partial charge in [0.05, 0.1) is 17.7 Å². The molecule has 0 amide bonds. The molecule has 152 valence electrons. The second-order valence-electron chi connectivity index (χ2n) is 6.17. The molecule has 2 N–H and O–H groups in total. The van der Waals surface area contributed by atoms with Crippen LogP contribution in [0.1, 0.15) is 34.4 Å². The Morgan fingerprint density at radius 3 is 2.66 bits per heavy atom. The fraction of sp³-hybridized carbons (Fsp3) is 0.300. The van der Waals surface area contributed by atoms with Gasteiger partial charge in [-0.1, -0.05) is 18.2 Å². The first-order chi connectivity index (χ1) is 13.9. The number of hydrogen-bond acceptors (Lipinski definition) is 9. The number of nitrogen functional groups attached to an aromatic ring is 1. The molecule has 0 radical (unpaired) electrons. The fourth-order valence-electron chi connectivity index (χ4n) is 2.74. The number of nitrogens with zero attached hydrogens (tertiary/aromatic N) is 2. The van der Waals surface area contributed by atoms with Crippen LogP contribution in [0, 0.1) is 13.8 Å². The van der Waals surface area contributed by atoms with E-state index in [9.17, 15) is 9.59 Å². The van der Waals surface area contributed by atoms with Crippen molar-refractivity contribution in [2.75, 3.05) is 18.1 Å². The molecule has 0 fully saturated rings. The van der Waals surface area contributed by atoms with Crippen LogP contribution in [0.25, 0.3) is 11.1 Å². The summed E-state index contributed by atoms with van der Waals surface area (Å²) in [5, 5.41) is 0.297. The first-order valence-electron chi connectivity index (χ1n) is 8.97. The zero-order chi connectivity index (χ0) is 21.0. The number of aromatic nitrogens is 2. The van der Waals surface area contributed by atoms with Crippen LogP contribution in [-0.2, 0) is 20.9 Å². The zero-order valence-corrected chi connectivity index (χ0v) is 17.2. The molecule has 0 aliphatic heterocycles. The fourth-order valence-corrected chi connectivity index (χ4v) is 3.57. The Morgan fingerprint density at radius 1 is 1.17 bits per heavy atom. The second-order valence-corrected chi connectivity index (χ2v) is 7.19. The van der Waals surface area contributed by atoms with E-state index >= 15 is 0 Å². The Bertz CT molecular complexity index is 1060. The number of furan rings is 1. The molecule has 0 atom stereocenters. The summed E-state index contributed by atoms with van der Waals surface area (Å²) in [4.78, 5) is 33.6. The Kier molecular flexibility index (Phi) is 6.38. The summed E-state index contributed by atoms with van der Waals surface area (Å²) in [6, 6.07) is 7.79. The number of carbonyl (C=O) groups excluding carboxylic acids is 2. The number of thioether (sulfide) groups is 1. The van der Waals surface area contributed by atoms with Gasteiger partial charge in [-0.2, -0.15) is 4.98 Å². The minimum atomic E-state index is -0.550. The molecule has 2 aromatic heterocycles. The highest BCUT2D eigenvalue weighted by Gasteiger charge is 2.24. The summed E-state index contributed by atoms with van der Waals surface area (Å²) in [5.41, 5.74) is 7.45. The van der Waals surface area contributed by atoms with Crippen molar-refractivity contribution < 1.29 is 23.5 Å². The second kappa shape index (κ2) is 8.95. The van der Waals surface area contributed by atoms with Crippen LogP contribution in [0.2, 0.25) is 0 Å². The van der Waals surface area contributed by atoms with Crippen molar-refractivity contribution in [1.82, 2.24) is 9.97 Å². The Morgan fingerprint density at radius 2 is 1.93 bits per heavy atom. The molecule has 3 aromatic rings. The topological polar surface area (TPSA) is 118 Å². The number of ether oxygens (including phenoxy) is 2. The Balaban J connectivity index is 1.68. The van der Waals surface area contributed by atoms with Gasteiger partial charge in [0.1, 0.15) is 17.1 Å². The number of benzene rings is 1. The Hall–Kier alpha value is -3.07. The van der Waals surface area contributed by atoms with Crippen molar-refractivity contribution in [3.63, 3.8) is 0 Å². The summed E-state index contributed by atoms with van der Waals surface area (Å²) in [7, 11) is 0. The molecule has 0 aliphatic carbocycles. The highest BCUT2D eigenvalue weighted by Crippen LogP contribution is 2.29. The standard InChI is InChI=1S/C20H21N3O5S/c1-4-26-20(25)16-12(3)28-19-17(16)18(21)22-14(23-19)9-27-15(24)10-29-13-8-6-5-7-11(13)2/h5-8H,4,9-10H2,1-3H3,(H2,21,22,23). The summed E-state index contributed by atoms with van der Waals surface area (Å²) in [6.07, 6.45) is 0. The number of nitrogens with two attached hydrogens (primary N) is 1. The number of esters is 2. The summed E-state index contributed by atoms with van der Waals surface area (Å²) in [6.45, 7) is 5.38. The summed E-state index contributed by atoms with van der Waals surface area (Å²) < 4.78 is 15.8. The van der Waals surface area contributed by atoms with Gasteiger partial charge in [-0.15, -0.1) is 11.8 Å². The largest absolute Gasteiger partial charge is 0.462 e. The molecule has 0 aliphatic rings. The van der Waals surface area contributed by atoms with E-state index in [0.29, 0.717) is 11.1 Å². The van der Waals surface area contributed by atoms with Gasteiger partial charge in [0.25, 0.3) is 0 Å². The van der Waals surface area contributed by atoms with Crippen LogP contribution in [0.5, 0.6) is 0 Å². The predicted octanol–water partition coefficient (Wildman–Crippen LogP) is 3.43. The minimum Gasteiger partial charge on any atom is -0.462 e. The third kappa shape index (κ3) is 4.68. The SMILES string of the molecule is CCOC(=O)c1c(C)oc2nc(COC(=O)CSc3ccccc3C)nc(N)c12. The van der Waals surface area contributed by atoms with Gasteiger partial charge in [-0.3, -0.25) is 4.79 Å². The van der Waals surface area contributed by atoms with Crippen LogP contribution in [-0.4, -0.2) is 34.3 Å². The lowest BCUT2D eigenvalue weighted by Gasteiger charge is -2.07. The van der Waals surface area contributed by atoms with E-state index in [1.54, 1.807) is 13.8 Å². The van der Waals surface area contributed by atoms with Gasteiger partial charge in [-0.25, -0.2) is 9.78 Å². The highest BCUT2D eigenvalue weighted by molar-refractivity contribution is 8.00. The van der Waals surface area contributed by atoms with Gasteiger partial charge in [0.2, 0.25) is 5.71 Å². The maximum absolute atomic E-state index is 12.1. The smallest absolute Gasteiger partial charge is 0.342 e. The number of hydrogen-bond donors (Lipinski definition) is 1. The van der Waals surface area contributed by atoms with Crippen molar-refractivity contribution >= 4 is 40.6 Å². The normalized spacial score (nSPS) is 10.9. The number of fused-ring (bicyclic) bond motifs is 1. The van der Waals surface area contributed by atoms with E-state index in [0.717, 1.165) is 10.5 Å². The molecule has 0 saturated carbocycles. The molecular weight excluding hydrogens is 394 g/mol. The number of carbonyl (C=O) groups is 2. The summed E-state index contributed by atoms with van der Waals surface area (Å²) >= 11 is 1.40. The van der Waals surface area contributed by atoms with Crippen molar-refractivity contribution in [2.45, 2.75) is 32.3 Å². The minimum absolute atomic E-state index is 0.0650. The molecule has 0 saturated heterocycles. The van der Waals surface area contributed by atoms with Crippen LogP contribution in [0.3, 0.4) is 0 Å². The highest BCUT2D eigenvalue weighted by atomic mass is 32.2. The van der Waals surface area contributed by atoms with E-state index in [-0.39, 0.29) is 41.9 Å². The first kappa shape index (κ1) is 20.7. The molecule has 1 aromatic carbocycles. The van der Waals surface area contributed by atoms with E-state index in [2.05, 4.69) is 9.97 Å². The van der Waals surface area contributed by atoms with Crippen molar-refractivity contribution in [1.29, 1.82) is 0 Å². The van der Waals surface area contributed by atoms with Gasteiger partial charge in [0.15, 0.2) is 12.4 Å². The third-order valence-corrected chi connectivity index (χ3v) is 5.23. The lowest BCUT2D eigenvalue weighted by molar-refractivity contribution is -0.141. The number of rotatable bonds is 7. The summed E-state index contributed by atoms with van der Waals surface area (Å²) in [5.74, 6) is -0.197. The molecule has 0 unspecified atom stereocenters. The molecular formula is C20H21N3O5S. The van der Waals surface area contributed by atoms with Gasteiger partial charge < -0.3 is 19.6 Å². The van der Waals surface area contributed by atoms with Crippen molar-refractivity contribution in [3.8, 4) is 0 Å². The molecule has 0 spiro atoms. The van der Waals surface area contributed by atoms with Gasteiger partial charge in [0, 0.05) is 4.90 Å². The van der Waals surface area contributed by atoms with E-state index < -0.39 is 11.9 Å². The lowest BCUT2D eigenvalue weighted by atomic mass is 10.2. The van der Waals surface area contributed by atoms with E-state index in [1.165, 1.54) is 11.8 Å². The average Bonchev–Trinajstić information content (AvgIpc) is 3.02. The molecule has 2 heterocycles. The predicted molar refractivity (Wildman–Crippen MR) is 109 cm³/mol. The molecule has 0 bridgehead atoms. The van der Waals surface area contributed by atoms with Crippen LogP contribution in [0.15, 0.2) is 33.6 Å². The monoisotopic (exact) mass is 415 g/mol. The molecule has 3 rings (SSSR count). The number of anilines is 1. The molecule has 9 heteroatoms. The van der Waals surface area contributed by atoms with Crippen LogP contribution >= 0.6 is 11.8 Å². The van der Waals surface area contributed by atoms with Crippen molar-refractivity contribution in [2.24, 2.45) is 0 Å². The van der Waals surface area contributed by atoms with Crippen LogP contribution < -0.4 is 5.73 Å². The molecule has 29 heavy (non-hydrogen) atoms.